The molecule has 1 aromatic heterocycles. The van der Waals surface area contributed by atoms with Gasteiger partial charge in [0.25, 0.3) is 5.69 Å². The van der Waals surface area contributed by atoms with Crippen LogP contribution in [-0.2, 0) is 10.0 Å². The zero-order chi connectivity index (χ0) is 24.0. The second-order valence-electron chi connectivity index (χ2n) is 6.56. The van der Waals surface area contributed by atoms with Gasteiger partial charge in [0.15, 0.2) is 10.3 Å². The molecule has 1 heterocycles. The molecule has 0 bridgehead atoms. The van der Waals surface area contributed by atoms with Crippen molar-refractivity contribution < 1.29 is 13.3 Å². The van der Waals surface area contributed by atoms with Crippen LogP contribution >= 0.6 is 22.9 Å². The minimum atomic E-state index is -3.97. The number of hydrogen-bond acceptors (Lipinski definition) is 9. The first-order chi connectivity index (χ1) is 15.8. The summed E-state index contributed by atoms with van der Waals surface area (Å²) in [6.07, 6.45) is 1.41. The first-order valence-electron chi connectivity index (χ1n) is 9.82. The molecule has 0 atom stereocenters. The highest BCUT2D eigenvalue weighted by atomic mass is 35.5. The Labute approximate surface area is 200 Å². The number of aromatic nitrogens is 1. The molecular weight excluding hydrogens is 488 g/mol. The summed E-state index contributed by atoms with van der Waals surface area (Å²) in [5.41, 5.74) is 3.28. The van der Waals surface area contributed by atoms with Gasteiger partial charge in [-0.1, -0.05) is 55.0 Å². The predicted molar refractivity (Wildman–Crippen MR) is 131 cm³/mol. The number of hydrogen-bond donors (Lipinski definition) is 2. The summed E-state index contributed by atoms with van der Waals surface area (Å²) < 4.78 is 27.3. The lowest BCUT2D eigenvalue weighted by Crippen LogP contribution is -2.31. The van der Waals surface area contributed by atoms with Crippen molar-refractivity contribution in [3.63, 3.8) is 0 Å². The van der Waals surface area contributed by atoms with Crippen LogP contribution in [0.15, 0.2) is 58.5 Å². The maximum atomic E-state index is 13.0. The van der Waals surface area contributed by atoms with Gasteiger partial charge in [0.05, 0.1) is 21.7 Å². The number of hydrazone groups is 1. The summed E-state index contributed by atoms with van der Waals surface area (Å²) in [4.78, 5) is 15.1. The minimum absolute atomic E-state index is 0.104. The minimum Gasteiger partial charge on any atom is -0.331 e. The van der Waals surface area contributed by atoms with E-state index in [1.54, 1.807) is 13.8 Å². The van der Waals surface area contributed by atoms with Gasteiger partial charge in [0.2, 0.25) is 10.0 Å². The number of nitrogens with zero attached hydrogens (tertiary/aromatic N) is 4. The molecule has 0 saturated heterocycles. The smallest absolute Gasteiger partial charge is 0.270 e. The van der Waals surface area contributed by atoms with Gasteiger partial charge in [0, 0.05) is 30.9 Å². The Morgan fingerprint density at radius 3 is 2.55 bits per heavy atom. The molecule has 13 heteroatoms. The molecule has 0 aliphatic carbocycles. The van der Waals surface area contributed by atoms with Crippen molar-refractivity contribution in [2.45, 2.75) is 18.7 Å². The summed E-state index contributed by atoms with van der Waals surface area (Å²) in [6, 6.07) is 13.0. The Bertz CT molecular complexity index is 1260. The van der Waals surface area contributed by atoms with E-state index in [2.05, 4.69) is 20.8 Å². The van der Waals surface area contributed by atoms with Crippen LogP contribution < -0.4 is 10.7 Å². The van der Waals surface area contributed by atoms with Gasteiger partial charge in [-0.2, -0.15) is 9.41 Å². The van der Waals surface area contributed by atoms with Gasteiger partial charge in [-0.15, -0.1) is 0 Å². The topological polar surface area (TPSA) is 130 Å². The summed E-state index contributed by atoms with van der Waals surface area (Å²) in [7, 11) is -3.97. The second kappa shape index (κ2) is 10.7. The fourth-order valence-electron chi connectivity index (χ4n) is 2.88. The molecular formula is C20H21ClN6O4S2. The van der Waals surface area contributed by atoms with Gasteiger partial charge in [-0.05, 0) is 18.2 Å². The predicted octanol–water partition coefficient (Wildman–Crippen LogP) is 4.92. The van der Waals surface area contributed by atoms with Crippen LogP contribution in [0, 0.1) is 10.1 Å². The number of para-hydroxylation sites is 1. The van der Waals surface area contributed by atoms with Crippen molar-refractivity contribution in [3.8, 4) is 0 Å². The quantitative estimate of drug-likeness (QED) is 0.225. The van der Waals surface area contributed by atoms with Gasteiger partial charge in [-0.25, -0.2) is 13.4 Å². The summed E-state index contributed by atoms with van der Waals surface area (Å²) >= 11 is 7.45. The summed E-state index contributed by atoms with van der Waals surface area (Å²) in [5, 5.41) is 19.2. The van der Waals surface area contributed by atoms with Crippen LogP contribution in [0.3, 0.4) is 0 Å². The lowest BCUT2D eigenvalue weighted by atomic mass is 10.3. The largest absolute Gasteiger partial charge is 0.331 e. The number of nitro benzene ring substituents is 1. The fraction of sp³-hybridized carbons (Fsp3) is 0.200. The van der Waals surface area contributed by atoms with Gasteiger partial charge in [0.1, 0.15) is 4.90 Å². The molecule has 0 aliphatic rings. The van der Waals surface area contributed by atoms with Gasteiger partial charge < -0.3 is 5.32 Å². The van der Waals surface area contributed by atoms with Crippen molar-refractivity contribution in [2.75, 3.05) is 23.8 Å². The molecule has 33 heavy (non-hydrogen) atoms. The summed E-state index contributed by atoms with van der Waals surface area (Å²) in [5.74, 6) is 0. The third-order valence-corrected chi connectivity index (χ3v) is 7.90. The van der Waals surface area contributed by atoms with Crippen molar-refractivity contribution in [1.29, 1.82) is 0 Å². The first kappa shape index (κ1) is 24.6. The van der Waals surface area contributed by atoms with E-state index in [1.165, 1.54) is 34.0 Å². The number of nitrogens with one attached hydrogen (secondary N) is 2. The molecule has 10 nitrogen and oxygen atoms in total. The van der Waals surface area contributed by atoms with Crippen molar-refractivity contribution in [2.24, 2.45) is 5.10 Å². The highest BCUT2D eigenvalue weighted by molar-refractivity contribution is 7.89. The molecule has 2 aromatic carbocycles. The molecule has 0 saturated carbocycles. The highest BCUT2D eigenvalue weighted by Crippen LogP contribution is 2.30. The van der Waals surface area contributed by atoms with E-state index in [4.69, 9.17) is 11.6 Å². The SMILES string of the molecule is CCN(CC)S(=O)(=O)c1cc([N+](=O)[O-])ccc1NN=Cc1sc(Nc2ccccc2)nc1Cl. The monoisotopic (exact) mass is 508 g/mol. The number of benzene rings is 2. The molecule has 0 spiro atoms. The fourth-order valence-corrected chi connectivity index (χ4v) is 5.55. The van der Waals surface area contributed by atoms with Crippen LogP contribution in [0.4, 0.5) is 22.2 Å². The maximum absolute atomic E-state index is 13.0. The van der Waals surface area contributed by atoms with Crippen LogP contribution in [0.5, 0.6) is 0 Å². The second-order valence-corrected chi connectivity index (χ2v) is 9.86. The lowest BCUT2D eigenvalue weighted by Gasteiger charge is -2.20. The molecule has 3 rings (SSSR count). The Kier molecular flexibility index (Phi) is 7.97. The maximum Gasteiger partial charge on any atom is 0.270 e. The molecule has 0 unspecified atom stereocenters. The van der Waals surface area contributed by atoms with E-state index in [9.17, 15) is 18.5 Å². The van der Waals surface area contributed by atoms with Crippen molar-refractivity contribution in [1.82, 2.24) is 9.29 Å². The van der Waals surface area contributed by atoms with E-state index in [-0.39, 0.29) is 34.5 Å². The van der Waals surface area contributed by atoms with E-state index < -0.39 is 14.9 Å². The van der Waals surface area contributed by atoms with Crippen LogP contribution in [0.2, 0.25) is 5.15 Å². The molecule has 0 radical (unpaired) electrons. The third kappa shape index (κ3) is 5.85. The number of sulfonamides is 1. The Hall–Kier alpha value is -3.06. The van der Waals surface area contributed by atoms with Crippen LogP contribution in [0.25, 0.3) is 0 Å². The number of non-ortho nitro benzene ring substituents is 1. The Balaban J connectivity index is 1.86. The van der Waals surface area contributed by atoms with Crippen molar-refractivity contribution >= 4 is 61.4 Å². The van der Waals surface area contributed by atoms with Gasteiger partial charge >= 0.3 is 0 Å². The summed E-state index contributed by atoms with van der Waals surface area (Å²) in [6.45, 7) is 3.82. The third-order valence-electron chi connectivity index (χ3n) is 4.50. The van der Waals surface area contributed by atoms with E-state index in [1.807, 2.05) is 30.3 Å². The van der Waals surface area contributed by atoms with E-state index in [0.29, 0.717) is 10.0 Å². The highest BCUT2D eigenvalue weighted by Gasteiger charge is 2.27. The number of thiazole rings is 1. The van der Waals surface area contributed by atoms with E-state index >= 15 is 0 Å². The molecule has 2 N–H and O–H groups in total. The number of nitro groups is 1. The molecule has 0 amide bonds. The average molecular weight is 509 g/mol. The van der Waals surface area contributed by atoms with Gasteiger partial charge in [-0.3, -0.25) is 15.5 Å². The molecule has 3 aromatic rings. The number of halogens is 1. The average Bonchev–Trinajstić information content (AvgIpc) is 3.13. The number of anilines is 3. The normalized spacial score (nSPS) is 11.8. The molecule has 0 aliphatic heterocycles. The van der Waals surface area contributed by atoms with Crippen LogP contribution in [-0.4, -0.2) is 41.9 Å². The van der Waals surface area contributed by atoms with E-state index in [0.717, 1.165) is 11.8 Å². The molecule has 174 valence electrons. The Morgan fingerprint density at radius 2 is 1.91 bits per heavy atom. The van der Waals surface area contributed by atoms with Crippen LogP contribution in [0.1, 0.15) is 18.7 Å². The van der Waals surface area contributed by atoms with Crippen molar-refractivity contribution in [3.05, 3.63) is 68.7 Å². The lowest BCUT2D eigenvalue weighted by molar-refractivity contribution is -0.385. The zero-order valence-corrected chi connectivity index (χ0v) is 20.1. The zero-order valence-electron chi connectivity index (χ0n) is 17.7. The standard InChI is InChI=1S/C20H21ClN6O4S2/c1-3-26(4-2)33(30,31)18-12-15(27(28)29)10-11-16(18)25-22-13-17-19(21)24-20(32-17)23-14-8-6-5-7-9-14/h5-13,25H,3-4H2,1-2H3,(H,23,24). The first-order valence-corrected chi connectivity index (χ1v) is 12.5. The Morgan fingerprint density at radius 1 is 1.21 bits per heavy atom. The molecule has 0 fully saturated rings. The number of rotatable bonds is 10.